The molecule has 19 heavy (non-hydrogen) atoms. The van der Waals surface area contributed by atoms with E-state index in [1.807, 2.05) is 6.07 Å². The van der Waals surface area contributed by atoms with Crippen molar-refractivity contribution in [1.82, 2.24) is 0 Å². The van der Waals surface area contributed by atoms with Gasteiger partial charge in [0, 0.05) is 5.56 Å². The SMILES string of the molecule is O=C(Cl)c1ccccc1.O=C(Cl)c1ccccc1O. The molecule has 0 atom stereocenters. The van der Waals surface area contributed by atoms with Crippen molar-refractivity contribution < 1.29 is 14.7 Å². The fourth-order valence-electron chi connectivity index (χ4n) is 1.21. The second-order valence-electron chi connectivity index (χ2n) is 3.43. The molecule has 2 aromatic carbocycles. The Balaban J connectivity index is 0.000000191. The molecule has 5 heteroatoms. The van der Waals surface area contributed by atoms with Crippen LogP contribution in [0.1, 0.15) is 20.7 Å². The highest BCUT2D eigenvalue weighted by Crippen LogP contribution is 2.16. The molecule has 0 fully saturated rings. The lowest BCUT2D eigenvalue weighted by atomic mass is 10.2. The van der Waals surface area contributed by atoms with Crippen molar-refractivity contribution in [2.24, 2.45) is 0 Å². The molecule has 98 valence electrons. The molecule has 2 aromatic rings. The monoisotopic (exact) mass is 296 g/mol. The van der Waals surface area contributed by atoms with E-state index < -0.39 is 10.5 Å². The summed E-state index contributed by atoms with van der Waals surface area (Å²) in [6.45, 7) is 0. The van der Waals surface area contributed by atoms with Crippen LogP contribution in [0.25, 0.3) is 0 Å². The minimum Gasteiger partial charge on any atom is -0.507 e. The Morgan fingerprint density at radius 1 is 0.789 bits per heavy atom. The van der Waals surface area contributed by atoms with Crippen LogP contribution in [-0.4, -0.2) is 15.6 Å². The number of para-hydroxylation sites is 1. The van der Waals surface area contributed by atoms with Gasteiger partial charge < -0.3 is 5.11 Å². The molecule has 0 aliphatic rings. The average molecular weight is 297 g/mol. The summed E-state index contributed by atoms with van der Waals surface area (Å²) in [5, 5.41) is 7.93. The van der Waals surface area contributed by atoms with E-state index in [4.69, 9.17) is 28.3 Å². The lowest BCUT2D eigenvalue weighted by Gasteiger charge is -1.94. The molecule has 1 N–H and O–H groups in total. The first-order valence-corrected chi connectivity index (χ1v) is 6.00. The maximum absolute atomic E-state index is 10.5. The number of benzene rings is 2. The van der Waals surface area contributed by atoms with E-state index in [9.17, 15) is 9.59 Å². The van der Waals surface area contributed by atoms with E-state index >= 15 is 0 Å². The number of phenolic OH excluding ortho intramolecular Hbond substituents is 1. The van der Waals surface area contributed by atoms with Crippen LogP contribution in [0.15, 0.2) is 54.6 Å². The van der Waals surface area contributed by atoms with Gasteiger partial charge in [0.1, 0.15) is 5.75 Å². The van der Waals surface area contributed by atoms with Crippen LogP contribution in [0.4, 0.5) is 0 Å². The fraction of sp³-hybridized carbons (Fsp3) is 0. The second kappa shape index (κ2) is 7.56. The molecule has 0 heterocycles. The van der Waals surface area contributed by atoms with E-state index in [0.29, 0.717) is 5.56 Å². The molecule has 0 aromatic heterocycles. The first kappa shape index (κ1) is 15.2. The molecule has 0 amide bonds. The van der Waals surface area contributed by atoms with Gasteiger partial charge in [-0.15, -0.1) is 0 Å². The molecular weight excluding hydrogens is 287 g/mol. The summed E-state index contributed by atoms with van der Waals surface area (Å²) < 4.78 is 0. The van der Waals surface area contributed by atoms with Gasteiger partial charge in [0.15, 0.2) is 0 Å². The van der Waals surface area contributed by atoms with Crippen molar-refractivity contribution in [2.45, 2.75) is 0 Å². The van der Waals surface area contributed by atoms with Crippen molar-refractivity contribution in [1.29, 1.82) is 0 Å². The molecule has 0 aliphatic carbocycles. The lowest BCUT2D eigenvalue weighted by molar-refractivity contribution is 0.107. The average Bonchev–Trinajstić information content (AvgIpc) is 2.40. The van der Waals surface area contributed by atoms with Crippen molar-refractivity contribution >= 4 is 33.7 Å². The number of carbonyl (C=O) groups is 2. The van der Waals surface area contributed by atoms with Crippen molar-refractivity contribution in [3.63, 3.8) is 0 Å². The number of carbonyl (C=O) groups excluding carboxylic acids is 2. The summed E-state index contributed by atoms with van der Waals surface area (Å²) >= 11 is 10.3. The smallest absolute Gasteiger partial charge is 0.256 e. The molecule has 0 aliphatic heterocycles. The number of hydrogen-bond acceptors (Lipinski definition) is 3. The van der Waals surface area contributed by atoms with Crippen molar-refractivity contribution in [3.8, 4) is 5.75 Å². The topological polar surface area (TPSA) is 54.4 Å². The zero-order chi connectivity index (χ0) is 14.3. The van der Waals surface area contributed by atoms with Gasteiger partial charge in [0.25, 0.3) is 10.5 Å². The normalized spacial score (nSPS) is 9.16. The number of aromatic hydroxyl groups is 1. The van der Waals surface area contributed by atoms with Crippen molar-refractivity contribution in [2.75, 3.05) is 0 Å². The van der Waals surface area contributed by atoms with Gasteiger partial charge in [0.05, 0.1) is 5.56 Å². The van der Waals surface area contributed by atoms with E-state index in [-0.39, 0.29) is 11.3 Å². The van der Waals surface area contributed by atoms with E-state index in [0.717, 1.165) is 0 Å². The maximum Gasteiger partial charge on any atom is 0.256 e. The summed E-state index contributed by atoms with van der Waals surface area (Å²) in [6, 6.07) is 14.9. The Morgan fingerprint density at radius 3 is 1.68 bits per heavy atom. The first-order valence-electron chi connectivity index (χ1n) is 5.25. The van der Waals surface area contributed by atoms with Crippen LogP contribution in [0.5, 0.6) is 5.75 Å². The molecule has 0 radical (unpaired) electrons. The van der Waals surface area contributed by atoms with Gasteiger partial charge in [-0.1, -0.05) is 42.5 Å². The van der Waals surface area contributed by atoms with Gasteiger partial charge in [-0.25, -0.2) is 0 Å². The van der Waals surface area contributed by atoms with Gasteiger partial charge in [0.2, 0.25) is 0 Å². The maximum atomic E-state index is 10.5. The second-order valence-corrected chi connectivity index (χ2v) is 4.12. The Labute approximate surface area is 120 Å². The molecule has 2 rings (SSSR count). The number of phenols is 1. The Morgan fingerprint density at radius 2 is 1.32 bits per heavy atom. The first-order chi connectivity index (χ1) is 9.02. The standard InChI is InChI=1S/C7H5ClO2.C7H5ClO/c8-7(10)5-3-1-2-4-6(5)9;8-7(9)6-4-2-1-3-5-6/h1-4,9H;1-5H. The zero-order valence-electron chi connectivity index (χ0n) is 9.72. The Kier molecular flexibility index (Phi) is 6.06. The third-order valence-corrected chi connectivity index (χ3v) is 2.54. The third kappa shape index (κ3) is 5.12. The molecular formula is C14H10Cl2O3. The Hall–Kier alpha value is -1.84. The minimum atomic E-state index is -0.641. The van der Waals surface area contributed by atoms with E-state index in [1.54, 1.807) is 36.4 Å². The summed E-state index contributed by atoms with van der Waals surface area (Å²) in [4.78, 5) is 20.9. The van der Waals surface area contributed by atoms with Crippen LogP contribution >= 0.6 is 23.2 Å². The summed E-state index contributed by atoms with van der Waals surface area (Å²) in [5.41, 5.74) is 0.684. The zero-order valence-corrected chi connectivity index (χ0v) is 11.2. The summed E-state index contributed by atoms with van der Waals surface area (Å²) in [7, 11) is 0. The minimum absolute atomic E-state index is 0.0810. The third-order valence-electron chi connectivity index (χ3n) is 2.12. The van der Waals surface area contributed by atoms with E-state index in [1.165, 1.54) is 12.1 Å². The van der Waals surface area contributed by atoms with Crippen LogP contribution in [0.2, 0.25) is 0 Å². The number of halogens is 2. The largest absolute Gasteiger partial charge is 0.507 e. The Bertz CT molecular complexity index is 568. The van der Waals surface area contributed by atoms with Crippen LogP contribution in [-0.2, 0) is 0 Å². The van der Waals surface area contributed by atoms with Gasteiger partial charge in [-0.05, 0) is 35.3 Å². The fourth-order valence-corrected chi connectivity index (χ4v) is 1.49. The number of hydrogen-bond donors (Lipinski definition) is 1. The highest BCUT2D eigenvalue weighted by molar-refractivity contribution is 6.68. The molecule has 0 saturated carbocycles. The number of rotatable bonds is 2. The quantitative estimate of drug-likeness (QED) is 0.857. The summed E-state index contributed by atoms with van der Waals surface area (Å²) in [6.07, 6.45) is 0. The van der Waals surface area contributed by atoms with Crippen LogP contribution in [0.3, 0.4) is 0 Å². The molecule has 3 nitrogen and oxygen atoms in total. The van der Waals surface area contributed by atoms with Gasteiger partial charge in [-0.3, -0.25) is 9.59 Å². The predicted octanol–water partition coefficient (Wildman–Crippen LogP) is 3.84. The molecule has 0 unspecified atom stereocenters. The summed E-state index contributed by atoms with van der Waals surface area (Å²) in [5.74, 6) is -0.0810. The van der Waals surface area contributed by atoms with E-state index in [2.05, 4.69) is 0 Å². The predicted molar refractivity (Wildman–Crippen MR) is 74.9 cm³/mol. The van der Waals surface area contributed by atoms with Crippen LogP contribution in [0, 0.1) is 0 Å². The molecule has 0 bridgehead atoms. The highest BCUT2D eigenvalue weighted by atomic mass is 35.5. The molecule has 0 saturated heterocycles. The van der Waals surface area contributed by atoms with Crippen LogP contribution < -0.4 is 0 Å². The van der Waals surface area contributed by atoms with Gasteiger partial charge >= 0.3 is 0 Å². The lowest BCUT2D eigenvalue weighted by Crippen LogP contribution is -1.87. The highest BCUT2D eigenvalue weighted by Gasteiger charge is 2.04. The van der Waals surface area contributed by atoms with Gasteiger partial charge in [-0.2, -0.15) is 0 Å². The van der Waals surface area contributed by atoms with Crippen molar-refractivity contribution in [3.05, 3.63) is 65.7 Å². The molecule has 0 spiro atoms.